The Labute approximate surface area is 154 Å². The fourth-order valence-electron chi connectivity index (χ4n) is 5.99. The van der Waals surface area contributed by atoms with Gasteiger partial charge in [0.1, 0.15) is 0 Å². The molecule has 3 aliphatic heterocycles. The molecule has 26 heavy (non-hydrogen) atoms. The average Bonchev–Trinajstić information content (AvgIpc) is 2.93. The van der Waals surface area contributed by atoms with E-state index in [9.17, 15) is 9.59 Å². The summed E-state index contributed by atoms with van der Waals surface area (Å²) in [5.41, 5.74) is 2.67. The summed E-state index contributed by atoms with van der Waals surface area (Å²) in [4.78, 5) is 29.2. The van der Waals surface area contributed by atoms with Gasteiger partial charge in [0.05, 0.1) is 0 Å². The van der Waals surface area contributed by atoms with E-state index in [2.05, 4.69) is 10.2 Å². The Balaban J connectivity index is 1.40. The van der Waals surface area contributed by atoms with E-state index < -0.39 is 0 Å². The fourth-order valence-corrected chi connectivity index (χ4v) is 5.99. The normalized spacial score (nSPS) is 32.7. The summed E-state index contributed by atoms with van der Waals surface area (Å²) in [5, 5.41) is 2.84. The Hall–Kier alpha value is -2.04. The van der Waals surface area contributed by atoms with Crippen molar-refractivity contribution in [3.8, 4) is 0 Å². The minimum atomic E-state index is -0.0484. The predicted molar refractivity (Wildman–Crippen MR) is 100 cm³/mol. The highest BCUT2D eigenvalue weighted by atomic mass is 16.2. The molecule has 3 saturated heterocycles. The summed E-state index contributed by atoms with van der Waals surface area (Å²) in [6.07, 6.45) is 6.42. The summed E-state index contributed by atoms with van der Waals surface area (Å²) in [7, 11) is 0. The van der Waals surface area contributed by atoms with Crippen LogP contribution in [0.15, 0.2) is 18.2 Å². The number of amides is 3. The summed E-state index contributed by atoms with van der Waals surface area (Å²) in [5.74, 6) is 2.56. The van der Waals surface area contributed by atoms with Crippen LogP contribution in [0.5, 0.6) is 0 Å². The van der Waals surface area contributed by atoms with Crippen molar-refractivity contribution in [3.63, 3.8) is 0 Å². The minimum absolute atomic E-state index is 0.0484. The molecule has 1 aromatic rings. The van der Waals surface area contributed by atoms with Crippen molar-refractivity contribution in [2.75, 3.05) is 24.5 Å². The first kappa shape index (κ1) is 16.2. The number of carbonyl (C=O) groups is 2. The van der Waals surface area contributed by atoms with E-state index in [1.807, 2.05) is 25.1 Å². The first-order valence-corrected chi connectivity index (χ1v) is 10.1. The highest BCUT2D eigenvalue weighted by molar-refractivity contribution is 5.98. The van der Waals surface area contributed by atoms with E-state index in [-0.39, 0.29) is 11.9 Å². The van der Waals surface area contributed by atoms with Crippen LogP contribution in [0, 0.1) is 24.7 Å². The lowest BCUT2D eigenvalue weighted by Gasteiger charge is -2.39. The molecule has 2 unspecified atom stereocenters. The predicted octanol–water partition coefficient (Wildman–Crippen LogP) is 3.18. The van der Waals surface area contributed by atoms with Crippen molar-refractivity contribution >= 4 is 17.6 Å². The van der Waals surface area contributed by atoms with Gasteiger partial charge in [-0.3, -0.25) is 9.69 Å². The standard InChI is InChI=1S/C21H27N3O2/c1-13-6-17(2-3-19(13)23-5-4-22-21(23)26)20(25)24-12-16-8-14-7-15(9-16)11-18(24)10-14/h2-3,6,14-16,18H,4-5,7-12H2,1H3,(H,22,26)/t14-,15+,16?,18?. The molecule has 4 bridgehead atoms. The van der Waals surface area contributed by atoms with Gasteiger partial charge in [0.2, 0.25) is 0 Å². The maximum atomic E-state index is 13.3. The van der Waals surface area contributed by atoms with Gasteiger partial charge in [-0.2, -0.15) is 0 Å². The van der Waals surface area contributed by atoms with Crippen molar-refractivity contribution < 1.29 is 9.59 Å². The molecule has 5 heteroatoms. The van der Waals surface area contributed by atoms with E-state index in [4.69, 9.17) is 0 Å². The highest BCUT2D eigenvalue weighted by Gasteiger charge is 2.44. The number of carbonyl (C=O) groups excluding carboxylic acids is 2. The molecule has 138 valence electrons. The van der Waals surface area contributed by atoms with Crippen LogP contribution in [0.4, 0.5) is 10.5 Å². The molecular weight excluding hydrogens is 326 g/mol. The molecule has 5 nitrogen and oxygen atoms in total. The topological polar surface area (TPSA) is 52.7 Å². The van der Waals surface area contributed by atoms with Crippen LogP contribution >= 0.6 is 0 Å². The lowest BCUT2D eigenvalue weighted by molar-refractivity contribution is 0.0632. The third-order valence-corrected chi connectivity index (χ3v) is 6.96. The number of hydrogen-bond acceptors (Lipinski definition) is 2. The molecule has 1 N–H and O–H groups in total. The summed E-state index contributed by atoms with van der Waals surface area (Å²) in [6.45, 7) is 4.29. The van der Waals surface area contributed by atoms with Crippen LogP contribution in [0.3, 0.4) is 0 Å². The van der Waals surface area contributed by atoms with Crippen LogP contribution in [-0.2, 0) is 0 Å². The van der Waals surface area contributed by atoms with Crippen molar-refractivity contribution in [3.05, 3.63) is 29.3 Å². The molecular formula is C21H27N3O2. The van der Waals surface area contributed by atoms with Crippen LogP contribution < -0.4 is 10.2 Å². The van der Waals surface area contributed by atoms with Crippen molar-refractivity contribution in [1.82, 2.24) is 10.2 Å². The number of anilines is 1. The largest absolute Gasteiger partial charge is 0.336 e. The van der Waals surface area contributed by atoms with Gasteiger partial charge in [-0.15, -0.1) is 0 Å². The van der Waals surface area contributed by atoms with Gasteiger partial charge in [-0.1, -0.05) is 0 Å². The first-order valence-electron chi connectivity index (χ1n) is 10.1. The fraction of sp³-hybridized carbons (Fsp3) is 0.619. The maximum Gasteiger partial charge on any atom is 0.322 e. The van der Waals surface area contributed by atoms with E-state index in [1.165, 1.54) is 32.1 Å². The molecule has 3 heterocycles. The van der Waals surface area contributed by atoms with Gasteiger partial charge < -0.3 is 10.2 Å². The molecule has 3 amide bonds. The monoisotopic (exact) mass is 353 g/mol. The van der Waals surface area contributed by atoms with Crippen molar-refractivity contribution in [1.29, 1.82) is 0 Å². The van der Waals surface area contributed by atoms with Gasteiger partial charge >= 0.3 is 6.03 Å². The molecule has 0 spiro atoms. The Morgan fingerprint density at radius 1 is 1.08 bits per heavy atom. The Kier molecular flexibility index (Phi) is 3.73. The Bertz CT molecular complexity index is 748. The number of urea groups is 1. The second-order valence-corrected chi connectivity index (χ2v) is 8.77. The van der Waals surface area contributed by atoms with Gasteiger partial charge in [0.15, 0.2) is 0 Å². The zero-order valence-corrected chi connectivity index (χ0v) is 15.4. The maximum absolute atomic E-state index is 13.3. The number of hydrogen-bond donors (Lipinski definition) is 1. The highest BCUT2D eigenvalue weighted by Crippen LogP contribution is 2.47. The van der Waals surface area contributed by atoms with Crippen LogP contribution in [0.1, 0.15) is 48.0 Å². The van der Waals surface area contributed by atoms with Gasteiger partial charge in [-0.25, -0.2) is 4.79 Å². The molecule has 1 aromatic carbocycles. The van der Waals surface area contributed by atoms with E-state index in [0.29, 0.717) is 25.0 Å². The minimum Gasteiger partial charge on any atom is -0.336 e. The van der Waals surface area contributed by atoms with Crippen molar-refractivity contribution in [2.24, 2.45) is 17.8 Å². The van der Waals surface area contributed by atoms with E-state index in [0.717, 1.165) is 35.2 Å². The lowest BCUT2D eigenvalue weighted by atomic mass is 9.68. The number of fused-ring (bicyclic) bond motifs is 1. The lowest BCUT2D eigenvalue weighted by Crippen LogP contribution is -2.42. The molecule has 4 atom stereocenters. The van der Waals surface area contributed by atoms with E-state index in [1.54, 1.807) is 4.90 Å². The molecule has 5 aliphatic rings. The van der Waals surface area contributed by atoms with Gasteiger partial charge in [-0.05, 0) is 80.5 Å². The average molecular weight is 353 g/mol. The number of rotatable bonds is 2. The van der Waals surface area contributed by atoms with Gasteiger partial charge in [0.25, 0.3) is 5.91 Å². The summed E-state index contributed by atoms with van der Waals surface area (Å²) >= 11 is 0. The van der Waals surface area contributed by atoms with Crippen LogP contribution in [0.25, 0.3) is 0 Å². The smallest absolute Gasteiger partial charge is 0.322 e. The van der Waals surface area contributed by atoms with E-state index >= 15 is 0 Å². The number of nitrogens with zero attached hydrogens (tertiary/aromatic N) is 2. The molecule has 5 fully saturated rings. The summed E-state index contributed by atoms with van der Waals surface area (Å²) < 4.78 is 0. The third kappa shape index (κ3) is 2.60. The molecule has 0 aromatic heterocycles. The molecule has 2 aliphatic carbocycles. The molecule has 2 saturated carbocycles. The van der Waals surface area contributed by atoms with Gasteiger partial charge in [0, 0.05) is 36.9 Å². The zero-order valence-electron chi connectivity index (χ0n) is 15.4. The molecule has 6 rings (SSSR count). The van der Waals surface area contributed by atoms with Crippen LogP contribution in [-0.4, -0.2) is 42.5 Å². The number of benzene rings is 1. The second kappa shape index (κ2) is 6.00. The number of aryl methyl sites for hydroxylation is 1. The number of nitrogens with one attached hydrogen (secondary N) is 1. The second-order valence-electron chi connectivity index (χ2n) is 8.77. The van der Waals surface area contributed by atoms with Crippen molar-refractivity contribution in [2.45, 2.75) is 45.1 Å². The SMILES string of the molecule is Cc1cc(C(=O)N2CC3C[C@@H]4CC2C[C@H](C3)C4)ccc1N1CCNC1=O. The quantitative estimate of drug-likeness (QED) is 0.888. The first-order chi connectivity index (χ1) is 12.6. The third-order valence-electron chi connectivity index (χ3n) is 6.96. The molecule has 0 radical (unpaired) electrons. The summed E-state index contributed by atoms with van der Waals surface area (Å²) in [6, 6.07) is 6.20. The Morgan fingerprint density at radius 3 is 2.46 bits per heavy atom. The van der Waals surface area contributed by atoms with Crippen LogP contribution in [0.2, 0.25) is 0 Å². The Morgan fingerprint density at radius 2 is 1.81 bits per heavy atom. The zero-order chi connectivity index (χ0) is 17.8.